The second kappa shape index (κ2) is 20.6. The van der Waals surface area contributed by atoms with Crippen LogP contribution in [0, 0.1) is 20.8 Å². The van der Waals surface area contributed by atoms with E-state index >= 15 is 0 Å². The number of carbonyl (C=O) groups is 3. The highest BCUT2D eigenvalue weighted by molar-refractivity contribution is 6.31. The minimum atomic E-state index is -1.46. The van der Waals surface area contributed by atoms with Gasteiger partial charge in [0.25, 0.3) is 5.91 Å². The molecule has 0 aliphatic heterocycles. The number of hydrogen-bond donors (Lipinski definition) is 1. The molecule has 0 saturated heterocycles. The molecule has 0 unspecified atom stereocenters. The van der Waals surface area contributed by atoms with E-state index in [2.05, 4.69) is 37.4 Å². The predicted molar refractivity (Wildman–Crippen MR) is 201 cm³/mol. The van der Waals surface area contributed by atoms with Crippen molar-refractivity contribution in [1.29, 1.82) is 0 Å². The number of nitrogens with zero attached hydrogens (tertiary/aromatic N) is 1. The Labute approximate surface area is 305 Å². The first-order valence-corrected chi connectivity index (χ1v) is 18.2. The van der Waals surface area contributed by atoms with Crippen LogP contribution in [0.2, 0.25) is 5.02 Å². The van der Waals surface area contributed by atoms with Crippen LogP contribution >= 0.6 is 11.6 Å². The Bertz CT molecular complexity index is 1380. The van der Waals surface area contributed by atoms with Gasteiger partial charge in [-0.05, 0) is 135 Å². The lowest BCUT2D eigenvalue weighted by molar-refractivity contribution is -0.189. The largest absolute Gasteiger partial charge is 0.458 e. The molecule has 0 radical (unpaired) electrons. The monoisotopic (exact) mass is 716 g/mol. The van der Waals surface area contributed by atoms with Gasteiger partial charge in [0.2, 0.25) is 0 Å². The lowest BCUT2D eigenvalue weighted by Crippen LogP contribution is -2.51. The fourth-order valence-corrected chi connectivity index (χ4v) is 5.33. The molecular weight excluding hydrogens is 656 g/mol. The van der Waals surface area contributed by atoms with Crippen molar-refractivity contribution in [2.24, 2.45) is 0 Å². The number of unbranched alkanes of at least 4 members (excludes halogenated alkanes) is 4. The molecule has 2 rings (SSSR count). The number of hydrogen-bond acceptors (Lipinski definition) is 8. The molecule has 0 heterocycles. The summed E-state index contributed by atoms with van der Waals surface area (Å²) in [5.41, 5.74) is 4.25. The van der Waals surface area contributed by atoms with Gasteiger partial charge in [-0.3, -0.25) is 4.79 Å². The molecule has 2 atom stereocenters. The number of nitrogens with one attached hydrogen (secondary N) is 1. The zero-order valence-corrected chi connectivity index (χ0v) is 32.8. The number of halogens is 1. The van der Waals surface area contributed by atoms with E-state index in [4.69, 9.17) is 30.5 Å². The van der Waals surface area contributed by atoms with E-state index in [9.17, 15) is 14.4 Å². The van der Waals surface area contributed by atoms with E-state index in [1.165, 1.54) is 16.7 Å². The number of esters is 2. The van der Waals surface area contributed by atoms with Crippen molar-refractivity contribution < 1.29 is 33.3 Å². The highest BCUT2D eigenvalue weighted by Crippen LogP contribution is 2.21. The number of likely N-dealkylation sites (N-methyl/N-ethyl adjacent to an activating group) is 1. The molecule has 1 amide bonds. The summed E-state index contributed by atoms with van der Waals surface area (Å²) in [4.78, 5) is 41.6. The zero-order chi connectivity index (χ0) is 37.5. The van der Waals surface area contributed by atoms with Gasteiger partial charge in [-0.2, -0.15) is 0 Å². The van der Waals surface area contributed by atoms with Gasteiger partial charge >= 0.3 is 11.9 Å². The molecule has 2 aromatic rings. The molecule has 0 aromatic heterocycles. The normalized spacial score (nSPS) is 13.0. The van der Waals surface area contributed by atoms with Gasteiger partial charge in [-0.1, -0.05) is 42.3 Å². The quantitative estimate of drug-likeness (QED) is 0.108. The smallest absolute Gasteiger partial charge is 0.339 e. The van der Waals surface area contributed by atoms with Gasteiger partial charge in [0.1, 0.15) is 17.8 Å². The number of amides is 1. The molecule has 0 aliphatic carbocycles. The van der Waals surface area contributed by atoms with Gasteiger partial charge in [-0.25, -0.2) is 9.59 Å². The summed E-state index contributed by atoms with van der Waals surface area (Å²) >= 11 is 6.24. The summed E-state index contributed by atoms with van der Waals surface area (Å²) in [6, 6.07) is 12.4. The second-order valence-corrected chi connectivity index (χ2v) is 15.5. The van der Waals surface area contributed by atoms with E-state index in [-0.39, 0.29) is 6.61 Å². The third-order valence-electron chi connectivity index (χ3n) is 7.98. The zero-order valence-electron chi connectivity index (χ0n) is 32.1. The van der Waals surface area contributed by atoms with Gasteiger partial charge in [0, 0.05) is 37.5 Å². The topological polar surface area (TPSA) is 103 Å². The fourth-order valence-electron chi connectivity index (χ4n) is 5.15. The highest BCUT2D eigenvalue weighted by Gasteiger charge is 2.40. The third kappa shape index (κ3) is 16.7. The maximum absolute atomic E-state index is 13.9. The second-order valence-electron chi connectivity index (χ2n) is 15.1. The lowest BCUT2D eigenvalue weighted by atomic mass is 10.0. The Morgan fingerprint density at radius 1 is 0.760 bits per heavy atom. The number of ether oxygens (including phenoxy) is 4. The van der Waals surface area contributed by atoms with Crippen LogP contribution in [0.25, 0.3) is 0 Å². The molecule has 0 spiro atoms. The summed E-state index contributed by atoms with van der Waals surface area (Å²) in [5.74, 6) is -1.84. The summed E-state index contributed by atoms with van der Waals surface area (Å²) in [7, 11) is 1.69. The lowest BCUT2D eigenvalue weighted by Gasteiger charge is -2.31. The van der Waals surface area contributed by atoms with E-state index in [1.807, 2.05) is 25.1 Å². The summed E-state index contributed by atoms with van der Waals surface area (Å²) in [6.07, 6.45) is 3.23. The standard InChI is InChI=1S/C40H61ClN2O7/c1-28-18-20-31(25-30(28)3)17-13-11-16-24-47-35(36(38(46)50-40(7,8)9)48-27-34(44)49-39(4,5)6)37(45)43(10)23-15-12-14-22-42-32-21-19-29(2)33(41)26-32/h18-21,25-26,35-36,42H,11-17,22-24,27H2,1-10H3/t35-,36-/m1/s1. The van der Waals surface area contributed by atoms with E-state index in [0.717, 1.165) is 61.3 Å². The highest BCUT2D eigenvalue weighted by atomic mass is 35.5. The van der Waals surface area contributed by atoms with Crippen molar-refractivity contribution >= 4 is 35.1 Å². The Morgan fingerprint density at radius 3 is 2.06 bits per heavy atom. The van der Waals surface area contributed by atoms with Crippen LogP contribution in [0.3, 0.4) is 0 Å². The number of anilines is 1. The Balaban J connectivity index is 2.07. The molecule has 50 heavy (non-hydrogen) atoms. The maximum Gasteiger partial charge on any atom is 0.339 e. The van der Waals surface area contributed by atoms with Crippen molar-refractivity contribution in [3.63, 3.8) is 0 Å². The number of rotatable bonds is 20. The molecular formula is C40H61ClN2O7. The minimum absolute atomic E-state index is 0.237. The van der Waals surface area contributed by atoms with Crippen LogP contribution in [-0.2, 0) is 39.8 Å². The summed E-state index contributed by atoms with van der Waals surface area (Å²) < 4.78 is 23.0. The van der Waals surface area contributed by atoms with Crippen molar-refractivity contribution in [1.82, 2.24) is 4.90 Å². The first-order chi connectivity index (χ1) is 23.4. The number of benzene rings is 2. The van der Waals surface area contributed by atoms with E-state index < -0.39 is 47.9 Å². The van der Waals surface area contributed by atoms with Crippen LogP contribution in [0.4, 0.5) is 5.69 Å². The Kier molecular flexibility index (Phi) is 17.8. The van der Waals surface area contributed by atoms with Gasteiger partial charge in [0.05, 0.1) is 0 Å². The first-order valence-electron chi connectivity index (χ1n) is 17.9. The number of aryl methyl sites for hydroxylation is 4. The average molecular weight is 717 g/mol. The molecule has 9 nitrogen and oxygen atoms in total. The van der Waals surface area contributed by atoms with Crippen molar-refractivity contribution in [2.75, 3.05) is 38.7 Å². The van der Waals surface area contributed by atoms with E-state index in [1.54, 1.807) is 53.5 Å². The summed E-state index contributed by atoms with van der Waals surface area (Å²) in [6.45, 7) is 17.6. The number of carbonyl (C=O) groups excluding carboxylic acids is 3. The molecule has 0 saturated carbocycles. The van der Waals surface area contributed by atoms with Crippen LogP contribution in [0.15, 0.2) is 36.4 Å². The minimum Gasteiger partial charge on any atom is -0.458 e. The maximum atomic E-state index is 13.9. The molecule has 0 fully saturated rings. The molecule has 0 aliphatic rings. The van der Waals surface area contributed by atoms with Crippen LogP contribution in [0.5, 0.6) is 0 Å². The molecule has 10 heteroatoms. The molecule has 2 aromatic carbocycles. The molecule has 0 bridgehead atoms. The molecule has 1 N–H and O–H groups in total. The Morgan fingerprint density at radius 2 is 1.42 bits per heavy atom. The van der Waals surface area contributed by atoms with Gasteiger partial charge < -0.3 is 29.2 Å². The van der Waals surface area contributed by atoms with Crippen LogP contribution in [0.1, 0.15) is 102 Å². The van der Waals surface area contributed by atoms with Crippen molar-refractivity contribution in [3.8, 4) is 0 Å². The van der Waals surface area contributed by atoms with E-state index in [0.29, 0.717) is 13.0 Å². The third-order valence-corrected chi connectivity index (χ3v) is 8.39. The van der Waals surface area contributed by atoms with Gasteiger partial charge in [0.15, 0.2) is 12.2 Å². The SMILES string of the molecule is Cc1ccc(CCCCCO[C@@H](C(=O)N(C)CCCCCNc2ccc(C)c(Cl)c2)[C@@H](OCC(=O)OC(C)(C)C)C(=O)OC(C)(C)C)cc1C. The molecule has 280 valence electrons. The van der Waals surface area contributed by atoms with Crippen molar-refractivity contribution in [3.05, 3.63) is 63.7 Å². The fraction of sp³-hybridized carbons (Fsp3) is 0.625. The van der Waals surface area contributed by atoms with Crippen LogP contribution < -0.4 is 5.32 Å². The summed E-state index contributed by atoms with van der Waals surface area (Å²) in [5, 5.41) is 4.11. The predicted octanol–water partition coefficient (Wildman–Crippen LogP) is 8.17. The Hall–Kier alpha value is -3.14. The van der Waals surface area contributed by atoms with Gasteiger partial charge in [-0.15, -0.1) is 0 Å². The van der Waals surface area contributed by atoms with Crippen molar-refractivity contribution in [2.45, 2.75) is 131 Å². The van der Waals surface area contributed by atoms with Crippen LogP contribution in [-0.4, -0.2) is 79.5 Å². The average Bonchev–Trinajstić information content (AvgIpc) is 3.00. The first kappa shape index (κ1) is 43.0.